The highest BCUT2D eigenvalue weighted by atomic mass is 32.2. The molecular weight excluding hydrogens is 274 g/mol. The molecule has 20 heavy (non-hydrogen) atoms. The Morgan fingerprint density at radius 3 is 2.95 bits per heavy atom. The molecule has 0 radical (unpaired) electrons. The largest absolute Gasteiger partial charge is 0.486 e. The summed E-state index contributed by atoms with van der Waals surface area (Å²) in [6.45, 7) is 2.89. The van der Waals surface area contributed by atoms with Crippen molar-refractivity contribution in [3.05, 3.63) is 23.8 Å². The van der Waals surface area contributed by atoms with Crippen LogP contribution in [0.25, 0.3) is 0 Å². The minimum Gasteiger partial charge on any atom is -0.486 e. The van der Waals surface area contributed by atoms with E-state index in [-0.39, 0.29) is 11.5 Å². The van der Waals surface area contributed by atoms with Crippen molar-refractivity contribution in [2.45, 2.75) is 38.2 Å². The third-order valence-electron chi connectivity index (χ3n) is 4.07. The molecule has 1 unspecified atom stereocenters. The number of ether oxygens (including phenoxy) is 1. The Hall–Kier alpha value is -1.23. The smallest absolute Gasteiger partial charge is 0.154 e. The average Bonchev–Trinajstić information content (AvgIpc) is 2.36. The summed E-state index contributed by atoms with van der Waals surface area (Å²) in [6.07, 6.45) is 3.72. The van der Waals surface area contributed by atoms with Crippen LogP contribution in [0.2, 0.25) is 0 Å². The Balaban J connectivity index is 1.80. The first-order valence-corrected chi connectivity index (χ1v) is 9.04. The highest BCUT2D eigenvalue weighted by molar-refractivity contribution is 7.91. The van der Waals surface area contributed by atoms with Crippen molar-refractivity contribution in [2.75, 3.05) is 23.4 Å². The van der Waals surface area contributed by atoms with Crippen molar-refractivity contribution in [1.29, 1.82) is 0 Å². The topological polar surface area (TPSA) is 55.4 Å². The summed E-state index contributed by atoms with van der Waals surface area (Å²) < 4.78 is 29.6. The molecule has 1 N–H and O–H groups in total. The SMILES string of the molecule is CC1(Oc2ccc3c(c2)NCCC3)CCCS(=O)(=O)C1. The number of hydrogen-bond donors (Lipinski definition) is 1. The van der Waals surface area contributed by atoms with Crippen molar-refractivity contribution >= 4 is 15.5 Å². The highest BCUT2D eigenvalue weighted by Crippen LogP contribution is 2.32. The summed E-state index contributed by atoms with van der Waals surface area (Å²) in [5, 5.41) is 3.37. The van der Waals surface area contributed by atoms with Gasteiger partial charge in [-0.1, -0.05) is 6.07 Å². The van der Waals surface area contributed by atoms with Gasteiger partial charge in [-0.25, -0.2) is 8.42 Å². The van der Waals surface area contributed by atoms with Crippen molar-refractivity contribution in [2.24, 2.45) is 0 Å². The standard InChI is InChI=1S/C15H21NO3S/c1-15(7-3-9-20(17,18)11-15)19-13-6-5-12-4-2-8-16-14(12)10-13/h5-6,10,16H,2-4,7-9,11H2,1H3. The van der Waals surface area contributed by atoms with Crippen LogP contribution in [0.15, 0.2) is 18.2 Å². The maximum absolute atomic E-state index is 11.8. The van der Waals surface area contributed by atoms with E-state index in [2.05, 4.69) is 11.4 Å². The molecule has 0 spiro atoms. The van der Waals surface area contributed by atoms with Crippen LogP contribution in [0.4, 0.5) is 5.69 Å². The number of anilines is 1. The maximum atomic E-state index is 11.8. The van der Waals surface area contributed by atoms with E-state index in [0.717, 1.165) is 37.2 Å². The molecule has 3 rings (SSSR count). The molecular formula is C15H21NO3S. The van der Waals surface area contributed by atoms with E-state index in [1.165, 1.54) is 5.56 Å². The summed E-state index contributed by atoms with van der Waals surface area (Å²) in [5.74, 6) is 1.17. The molecule has 2 heterocycles. The zero-order chi connectivity index (χ0) is 14.2. The molecule has 5 heteroatoms. The van der Waals surface area contributed by atoms with Crippen LogP contribution in [0.1, 0.15) is 31.7 Å². The van der Waals surface area contributed by atoms with Crippen LogP contribution in [-0.4, -0.2) is 32.1 Å². The second-order valence-corrected chi connectivity index (χ2v) is 8.28. The Morgan fingerprint density at radius 2 is 2.15 bits per heavy atom. The van der Waals surface area contributed by atoms with Gasteiger partial charge in [0.05, 0.1) is 11.5 Å². The van der Waals surface area contributed by atoms with Gasteiger partial charge in [0, 0.05) is 18.3 Å². The quantitative estimate of drug-likeness (QED) is 0.910. The third-order valence-corrected chi connectivity index (χ3v) is 6.03. The molecule has 1 saturated heterocycles. The summed E-state index contributed by atoms with van der Waals surface area (Å²) in [6, 6.07) is 6.04. The minimum absolute atomic E-state index is 0.116. The normalized spacial score (nSPS) is 28.2. The Kier molecular flexibility index (Phi) is 3.40. The van der Waals surface area contributed by atoms with Crippen molar-refractivity contribution in [3.8, 4) is 5.75 Å². The molecule has 4 nitrogen and oxygen atoms in total. The molecule has 0 aromatic heterocycles. The molecule has 1 aromatic rings. The van der Waals surface area contributed by atoms with E-state index < -0.39 is 15.4 Å². The number of sulfone groups is 1. The fourth-order valence-electron chi connectivity index (χ4n) is 3.14. The second kappa shape index (κ2) is 4.95. The lowest BCUT2D eigenvalue weighted by Crippen LogP contribution is -2.44. The molecule has 2 aliphatic rings. The van der Waals surface area contributed by atoms with Gasteiger partial charge in [0.25, 0.3) is 0 Å². The third kappa shape index (κ3) is 2.92. The first-order valence-electron chi connectivity index (χ1n) is 7.22. The predicted molar refractivity (Wildman–Crippen MR) is 80.2 cm³/mol. The molecule has 0 bridgehead atoms. The zero-order valence-electron chi connectivity index (χ0n) is 11.8. The lowest BCUT2D eigenvalue weighted by atomic mass is 10.0. The fourth-order valence-corrected chi connectivity index (χ4v) is 5.01. The first-order chi connectivity index (χ1) is 9.46. The van der Waals surface area contributed by atoms with Gasteiger partial charge in [-0.15, -0.1) is 0 Å². The van der Waals surface area contributed by atoms with Crippen LogP contribution in [-0.2, 0) is 16.3 Å². The van der Waals surface area contributed by atoms with Gasteiger partial charge < -0.3 is 10.1 Å². The number of nitrogens with one attached hydrogen (secondary N) is 1. The van der Waals surface area contributed by atoms with Crippen LogP contribution >= 0.6 is 0 Å². The molecule has 110 valence electrons. The van der Waals surface area contributed by atoms with E-state index in [0.29, 0.717) is 6.42 Å². The van der Waals surface area contributed by atoms with Gasteiger partial charge in [0.1, 0.15) is 11.4 Å². The van der Waals surface area contributed by atoms with Gasteiger partial charge in [-0.2, -0.15) is 0 Å². The number of benzene rings is 1. The van der Waals surface area contributed by atoms with Crippen LogP contribution in [0.3, 0.4) is 0 Å². The zero-order valence-corrected chi connectivity index (χ0v) is 12.6. The Morgan fingerprint density at radius 1 is 1.30 bits per heavy atom. The summed E-state index contributed by atoms with van der Waals surface area (Å²) in [7, 11) is -2.97. The van der Waals surface area contributed by atoms with E-state index in [1.807, 2.05) is 19.1 Å². The predicted octanol–water partition coefficient (Wildman–Crippen LogP) is 2.39. The molecule has 1 aromatic carbocycles. The number of rotatable bonds is 2. The molecule has 0 saturated carbocycles. The van der Waals surface area contributed by atoms with E-state index in [1.54, 1.807) is 0 Å². The van der Waals surface area contributed by atoms with Gasteiger partial charge in [0.15, 0.2) is 9.84 Å². The van der Waals surface area contributed by atoms with E-state index >= 15 is 0 Å². The molecule has 2 aliphatic heterocycles. The lowest BCUT2D eigenvalue weighted by molar-refractivity contribution is 0.0978. The second-order valence-electron chi connectivity index (χ2n) is 6.10. The van der Waals surface area contributed by atoms with Crippen molar-refractivity contribution in [3.63, 3.8) is 0 Å². The molecule has 1 fully saturated rings. The number of fused-ring (bicyclic) bond motifs is 1. The number of hydrogen-bond acceptors (Lipinski definition) is 4. The minimum atomic E-state index is -2.97. The van der Waals surface area contributed by atoms with Gasteiger partial charge in [-0.05, 0) is 44.2 Å². The Bertz CT molecular complexity index is 612. The fraction of sp³-hybridized carbons (Fsp3) is 0.600. The molecule has 1 atom stereocenters. The van der Waals surface area contributed by atoms with E-state index in [4.69, 9.17) is 4.74 Å². The average molecular weight is 295 g/mol. The summed E-state index contributed by atoms with van der Waals surface area (Å²) >= 11 is 0. The van der Waals surface area contributed by atoms with Crippen LogP contribution in [0.5, 0.6) is 5.75 Å². The van der Waals surface area contributed by atoms with Crippen molar-refractivity contribution < 1.29 is 13.2 Å². The van der Waals surface area contributed by atoms with E-state index in [9.17, 15) is 8.42 Å². The Labute approximate surface area is 120 Å². The number of aryl methyl sites for hydroxylation is 1. The first kappa shape index (κ1) is 13.7. The maximum Gasteiger partial charge on any atom is 0.154 e. The van der Waals surface area contributed by atoms with Gasteiger partial charge >= 0.3 is 0 Å². The summed E-state index contributed by atoms with van der Waals surface area (Å²) in [5.41, 5.74) is 1.83. The van der Waals surface area contributed by atoms with Gasteiger partial charge in [-0.3, -0.25) is 0 Å². The highest BCUT2D eigenvalue weighted by Gasteiger charge is 2.37. The van der Waals surface area contributed by atoms with Crippen molar-refractivity contribution in [1.82, 2.24) is 0 Å². The van der Waals surface area contributed by atoms with Crippen LogP contribution in [0, 0.1) is 0 Å². The summed E-state index contributed by atoms with van der Waals surface area (Å²) in [4.78, 5) is 0. The monoisotopic (exact) mass is 295 g/mol. The lowest BCUT2D eigenvalue weighted by Gasteiger charge is -2.34. The molecule has 0 amide bonds. The van der Waals surface area contributed by atoms with Gasteiger partial charge in [0.2, 0.25) is 0 Å². The van der Waals surface area contributed by atoms with Crippen LogP contribution < -0.4 is 10.1 Å². The molecule has 0 aliphatic carbocycles.